The van der Waals surface area contributed by atoms with Crippen molar-refractivity contribution in [3.05, 3.63) is 41.5 Å². The number of hydrogen-bond acceptors (Lipinski definition) is 5. The molecule has 5 nitrogen and oxygen atoms in total. The molecule has 0 aromatic heterocycles. The Morgan fingerprint density at radius 1 is 1.33 bits per heavy atom. The second kappa shape index (κ2) is 8.56. The van der Waals surface area contributed by atoms with Crippen molar-refractivity contribution in [3.8, 4) is 0 Å². The van der Waals surface area contributed by atoms with Gasteiger partial charge in [0.05, 0.1) is 32.4 Å². The maximum absolute atomic E-state index is 10.5. The Bertz CT molecular complexity index is 481. The van der Waals surface area contributed by atoms with E-state index in [1.54, 1.807) is 0 Å². The van der Waals surface area contributed by atoms with E-state index >= 15 is 0 Å². The largest absolute Gasteiger partial charge is 0.545 e. The van der Waals surface area contributed by atoms with E-state index in [4.69, 9.17) is 9.47 Å². The average Bonchev–Trinajstić information content (AvgIpc) is 2.51. The Morgan fingerprint density at radius 2 is 2.10 bits per heavy atom. The maximum atomic E-state index is 10.5. The predicted molar refractivity (Wildman–Crippen MR) is 77.4 cm³/mol. The fraction of sp³-hybridized carbons (Fsp3) is 0.438. The molecule has 1 aromatic carbocycles. The molecule has 0 radical (unpaired) electrons. The molecular formula is C16H20NO4-. The van der Waals surface area contributed by atoms with E-state index in [1.807, 2.05) is 24.3 Å². The first-order valence-corrected chi connectivity index (χ1v) is 7.10. The van der Waals surface area contributed by atoms with Crippen molar-refractivity contribution in [2.75, 3.05) is 39.5 Å². The molecule has 0 N–H and O–H groups in total. The second-order valence-corrected chi connectivity index (χ2v) is 4.86. The van der Waals surface area contributed by atoms with Gasteiger partial charge in [-0.15, -0.1) is 0 Å². The fourth-order valence-electron chi connectivity index (χ4n) is 2.19. The first kappa shape index (κ1) is 15.7. The third kappa shape index (κ3) is 5.67. The van der Waals surface area contributed by atoms with Crippen LogP contribution in [0.5, 0.6) is 0 Å². The fourth-order valence-corrected chi connectivity index (χ4v) is 2.19. The summed E-state index contributed by atoms with van der Waals surface area (Å²) in [7, 11) is 0. The van der Waals surface area contributed by atoms with E-state index in [0.717, 1.165) is 50.1 Å². The molecule has 0 saturated carbocycles. The van der Waals surface area contributed by atoms with Gasteiger partial charge in [-0.2, -0.15) is 0 Å². The van der Waals surface area contributed by atoms with Gasteiger partial charge in [0.2, 0.25) is 0 Å². The molecule has 1 aliphatic heterocycles. The molecule has 0 unspecified atom stereocenters. The molecule has 0 spiro atoms. The van der Waals surface area contributed by atoms with Gasteiger partial charge in [0.1, 0.15) is 0 Å². The van der Waals surface area contributed by atoms with Crippen molar-refractivity contribution in [1.29, 1.82) is 0 Å². The number of carboxylic acid groups (broad SMARTS) is 1. The van der Waals surface area contributed by atoms with Crippen molar-refractivity contribution in [2.24, 2.45) is 0 Å². The number of benzene rings is 1. The molecule has 1 heterocycles. The number of rotatable bonds is 7. The maximum Gasteiger partial charge on any atom is 0.0723 e. The molecule has 1 aliphatic rings. The lowest BCUT2D eigenvalue weighted by Crippen LogP contribution is -2.38. The molecular weight excluding hydrogens is 270 g/mol. The van der Waals surface area contributed by atoms with Crippen LogP contribution in [0, 0.1) is 0 Å². The number of nitrogens with zero attached hydrogens (tertiary/aromatic N) is 1. The third-order valence-electron chi connectivity index (χ3n) is 3.37. The summed E-state index contributed by atoms with van der Waals surface area (Å²) in [6.07, 6.45) is 2.57. The molecule has 114 valence electrons. The zero-order valence-corrected chi connectivity index (χ0v) is 12.0. The number of carboxylic acids is 1. The predicted octanol–water partition coefficient (Wildman–Crippen LogP) is 0.298. The SMILES string of the molecule is O=C([O-])/C=C/c1ccccc1COCCN1CCOCC1. The molecule has 0 atom stereocenters. The first-order valence-electron chi connectivity index (χ1n) is 7.10. The Labute approximate surface area is 124 Å². The van der Waals surface area contributed by atoms with Crippen LogP contribution >= 0.6 is 0 Å². The number of carbonyl (C=O) groups excluding carboxylic acids is 1. The Hall–Kier alpha value is -1.69. The summed E-state index contributed by atoms with van der Waals surface area (Å²) in [5, 5.41) is 10.5. The van der Waals surface area contributed by atoms with E-state index in [1.165, 1.54) is 6.08 Å². The van der Waals surface area contributed by atoms with Crippen LogP contribution in [0.2, 0.25) is 0 Å². The van der Waals surface area contributed by atoms with Gasteiger partial charge in [0, 0.05) is 19.6 Å². The van der Waals surface area contributed by atoms with Gasteiger partial charge in [-0.05, 0) is 17.2 Å². The van der Waals surface area contributed by atoms with Crippen LogP contribution in [0.25, 0.3) is 6.08 Å². The molecule has 1 saturated heterocycles. The molecule has 5 heteroatoms. The number of carbonyl (C=O) groups is 1. The molecule has 0 aliphatic carbocycles. The lowest BCUT2D eigenvalue weighted by atomic mass is 10.1. The van der Waals surface area contributed by atoms with Crippen LogP contribution in [0.4, 0.5) is 0 Å². The number of morpholine rings is 1. The minimum Gasteiger partial charge on any atom is -0.545 e. The van der Waals surface area contributed by atoms with Crippen LogP contribution in [-0.2, 0) is 20.9 Å². The van der Waals surface area contributed by atoms with Gasteiger partial charge in [-0.25, -0.2) is 0 Å². The summed E-state index contributed by atoms with van der Waals surface area (Å²) in [5.74, 6) is -1.20. The monoisotopic (exact) mass is 290 g/mol. The third-order valence-corrected chi connectivity index (χ3v) is 3.37. The molecule has 2 rings (SSSR count). The van der Waals surface area contributed by atoms with E-state index in [9.17, 15) is 9.90 Å². The van der Waals surface area contributed by atoms with Crippen molar-refractivity contribution >= 4 is 12.0 Å². The highest BCUT2D eigenvalue weighted by molar-refractivity contribution is 5.83. The van der Waals surface area contributed by atoms with E-state index in [0.29, 0.717) is 13.2 Å². The zero-order chi connectivity index (χ0) is 14.9. The number of ether oxygens (including phenoxy) is 2. The van der Waals surface area contributed by atoms with E-state index in [-0.39, 0.29) is 0 Å². The minimum atomic E-state index is -1.20. The first-order chi connectivity index (χ1) is 10.3. The molecule has 0 amide bonds. The minimum absolute atomic E-state index is 0.470. The zero-order valence-electron chi connectivity index (χ0n) is 12.0. The highest BCUT2D eigenvalue weighted by atomic mass is 16.5. The normalized spacial score (nSPS) is 16.4. The summed E-state index contributed by atoms with van der Waals surface area (Å²) in [6, 6.07) is 7.58. The molecule has 0 bridgehead atoms. The van der Waals surface area contributed by atoms with Crippen molar-refractivity contribution in [3.63, 3.8) is 0 Å². The number of aliphatic carboxylic acids is 1. The molecule has 1 aromatic rings. The van der Waals surface area contributed by atoms with Crippen LogP contribution in [0.3, 0.4) is 0 Å². The van der Waals surface area contributed by atoms with Gasteiger partial charge in [0.25, 0.3) is 0 Å². The lowest BCUT2D eigenvalue weighted by Gasteiger charge is -2.26. The Kier molecular flexibility index (Phi) is 6.40. The summed E-state index contributed by atoms with van der Waals surface area (Å²) in [6.45, 7) is 5.49. The Morgan fingerprint density at radius 3 is 2.86 bits per heavy atom. The average molecular weight is 290 g/mol. The quantitative estimate of drug-likeness (QED) is 0.534. The van der Waals surface area contributed by atoms with Gasteiger partial charge >= 0.3 is 0 Å². The summed E-state index contributed by atoms with van der Waals surface area (Å²) < 4.78 is 11.0. The van der Waals surface area contributed by atoms with Crippen molar-refractivity contribution in [1.82, 2.24) is 4.90 Å². The second-order valence-electron chi connectivity index (χ2n) is 4.86. The van der Waals surface area contributed by atoms with Crippen molar-refractivity contribution < 1.29 is 19.4 Å². The molecule has 1 fully saturated rings. The van der Waals surface area contributed by atoms with Crippen LogP contribution in [0.1, 0.15) is 11.1 Å². The van der Waals surface area contributed by atoms with E-state index < -0.39 is 5.97 Å². The summed E-state index contributed by atoms with van der Waals surface area (Å²) in [5.41, 5.74) is 1.81. The highest BCUT2D eigenvalue weighted by Gasteiger charge is 2.09. The smallest absolute Gasteiger partial charge is 0.0723 e. The summed E-state index contributed by atoms with van der Waals surface area (Å²) in [4.78, 5) is 12.8. The van der Waals surface area contributed by atoms with Crippen LogP contribution in [-0.4, -0.2) is 50.3 Å². The lowest BCUT2D eigenvalue weighted by molar-refractivity contribution is -0.297. The van der Waals surface area contributed by atoms with Crippen LogP contribution in [0.15, 0.2) is 30.3 Å². The van der Waals surface area contributed by atoms with E-state index in [2.05, 4.69) is 4.90 Å². The standard InChI is InChI=1S/C16H21NO4/c18-16(19)6-5-14-3-1-2-4-15(14)13-21-12-9-17-7-10-20-11-8-17/h1-6H,7-13H2,(H,18,19)/p-1/b6-5+. The highest BCUT2D eigenvalue weighted by Crippen LogP contribution is 2.12. The van der Waals surface area contributed by atoms with Gasteiger partial charge in [-0.1, -0.05) is 30.3 Å². The van der Waals surface area contributed by atoms with Gasteiger partial charge in [-0.3, -0.25) is 4.90 Å². The van der Waals surface area contributed by atoms with Gasteiger partial charge < -0.3 is 19.4 Å². The van der Waals surface area contributed by atoms with Gasteiger partial charge in [0.15, 0.2) is 0 Å². The number of hydrogen-bond donors (Lipinski definition) is 0. The van der Waals surface area contributed by atoms with Crippen molar-refractivity contribution in [2.45, 2.75) is 6.61 Å². The van der Waals surface area contributed by atoms with Crippen LogP contribution < -0.4 is 5.11 Å². The topological polar surface area (TPSA) is 61.8 Å². The summed E-state index contributed by atoms with van der Waals surface area (Å²) >= 11 is 0. The molecule has 21 heavy (non-hydrogen) atoms. The Balaban J connectivity index is 1.78.